The molecule has 0 bridgehead atoms. The average Bonchev–Trinajstić information content (AvgIpc) is 2.90. The molecule has 4 heteroatoms. The van der Waals surface area contributed by atoms with Gasteiger partial charge in [-0.3, -0.25) is 9.69 Å². The fourth-order valence-electron chi connectivity index (χ4n) is 3.00. The van der Waals surface area contributed by atoms with Gasteiger partial charge in [0.2, 0.25) is 0 Å². The molecular formula is C13H23NO3. The smallest absolute Gasteiger partial charge is 0.323 e. The van der Waals surface area contributed by atoms with Crippen LogP contribution in [0.2, 0.25) is 0 Å². The maximum absolute atomic E-state index is 11.3. The van der Waals surface area contributed by atoms with E-state index in [1.165, 1.54) is 12.8 Å². The Balaban J connectivity index is 1.76. The topological polar surface area (TPSA) is 49.8 Å². The van der Waals surface area contributed by atoms with Gasteiger partial charge in [-0.2, -0.15) is 0 Å². The molecule has 2 heterocycles. The van der Waals surface area contributed by atoms with E-state index in [1.807, 2.05) is 6.92 Å². The molecule has 98 valence electrons. The lowest BCUT2D eigenvalue weighted by Crippen LogP contribution is -2.48. The third-order valence-electron chi connectivity index (χ3n) is 4.23. The van der Waals surface area contributed by atoms with Crippen molar-refractivity contribution in [3.8, 4) is 0 Å². The highest BCUT2D eigenvalue weighted by Gasteiger charge is 2.42. The van der Waals surface area contributed by atoms with Crippen LogP contribution in [0.15, 0.2) is 0 Å². The van der Waals surface area contributed by atoms with E-state index in [1.54, 1.807) is 0 Å². The molecule has 2 atom stereocenters. The monoisotopic (exact) mass is 241 g/mol. The lowest BCUT2D eigenvalue weighted by molar-refractivity contribution is -0.148. The zero-order valence-electron chi connectivity index (χ0n) is 10.7. The lowest BCUT2D eigenvalue weighted by Gasteiger charge is -2.31. The van der Waals surface area contributed by atoms with Crippen LogP contribution in [0.4, 0.5) is 0 Å². The second-order valence-corrected chi connectivity index (χ2v) is 5.45. The number of aliphatic carboxylic acids is 1. The van der Waals surface area contributed by atoms with Gasteiger partial charge >= 0.3 is 5.97 Å². The van der Waals surface area contributed by atoms with Crippen molar-refractivity contribution in [1.29, 1.82) is 0 Å². The van der Waals surface area contributed by atoms with Gasteiger partial charge in [0.05, 0.1) is 6.10 Å². The first-order chi connectivity index (χ1) is 8.13. The highest BCUT2D eigenvalue weighted by Crippen LogP contribution is 2.29. The van der Waals surface area contributed by atoms with Gasteiger partial charge in [-0.05, 0) is 58.5 Å². The molecule has 0 aromatic carbocycles. The Labute approximate surface area is 103 Å². The van der Waals surface area contributed by atoms with Gasteiger partial charge in [-0.1, -0.05) is 0 Å². The molecule has 2 aliphatic heterocycles. The van der Waals surface area contributed by atoms with Crippen molar-refractivity contribution in [2.75, 3.05) is 19.7 Å². The summed E-state index contributed by atoms with van der Waals surface area (Å²) in [6.45, 7) is 4.58. The summed E-state index contributed by atoms with van der Waals surface area (Å²) in [6.07, 6.45) is 6.69. The molecule has 1 N–H and O–H groups in total. The van der Waals surface area contributed by atoms with Gasteiger partial charge in [0, 0.05) is 6.61 Å². The Morgan fingerprint density at radius 3 is 3.00 bits per heavy atom. The molecule has 0 aliphatic carbocycles. The first-order valence-electron chi connectivity index (χ1n) is 6.73. The van der Waals surface area contributed by atoms with Crippen molar-refractivity contribution in [3.63, 3.8) is 0 Å². The SMILES string of the molecule is CC1(C(=O)O)CCCN1CCCC1CCCO1. The second kappa shape index (κ2) is 5.36. The van der Waals surface area contributed by atoms with Crippen LogP contribution in [0.1, 0.15) is 45.4 Å². The standard InChI is InChI=1S/C13H23NO3/c1-13(12(15)16)7-4-9-14(13)8-2-5-11-6-3-10-17-11/h11H,2-10H2,1H3,(H,15,16). The van der Waals surface area contributed by atoms with E-state index in [2.05, 4.69) is 4.90 Å². The third kappa shape index (κ3) is 2.80. The molecule has 0 spiro atoms. The predicted octanol–water partition coefficient (Wildman–Crippen LogP) is 1.88. The van der Waals surface area contributed by atoms with E-state index in [0.29, 0.717) is 6.10 Å². The molecule has 2 rings (SSSR count). The van der Waals surface area contributed by atoms with E-state index in [0.717, 1.165) is 45.4 Å². The summed E-state index contributed by atoms with van der Waals surface area (Å²) >= 11 is 0. The molecule has 4 nitrogen and oxygen atoms in total. The molecule has 0 aromatic heterocycles. The van der Waals surface area contributed by atoms with Gasteiger partial charge in [0.1, 0.15) is 5.54 Å². The van der Waals surface area contributed by atoms with Crippen LogP contribution in [0.5, 0.6) is 0 Å². The average molecular weight is 241 g/mol. The summed E-state index contributed by atoms with van der Waals surface area (Å²) in [4.78, 5) is 13.4. The number of nitrogens with zero attached hydrogens (tertiary/aromatic N) is 1. The number of carboxylic acid groups (broad SMARTS) is 1. The van der Waals surface area contributed by atoms with E-state index in [-0.39, 0.29) is 0 Å². The summed E-state index contributed by atoms with van der Waals surface area (Å²) in [5.74, 6) is -0.674. The summed E-state index contributed by atoms with van der Waals surface area (Å²) in [5, 5.41) is 9.29. The van der Waals surface area contributed by atoms with Crippen LogP contribution < -0.4 is 0 Å². The second-order valence-electron chi connectivity index (χ2n) is 5.45. The minimum absolute atomic E-state index is 0.425. The number of carbonyl (C=O) groups is 1. The Kier molecular flexibility index (Phi) is 4.05. The van der Waals surface area contributed by atoms with Crippen molar-refractivity contribution >= 4 is 5.97 Å². The zero-order chi connectivity index (χ0) is 12.3. The molecule has 2 saturated heterocycles. The molecule has 0 aromatic rings. The van der Waals surface area contributed by atoms with Crippen LogP contribution in [0, 0.1) is 0 Å². The van der Waals surface area contributed by atoms with Gasteiger partial charge in [-0.25, -0.2) is 0 Å². The molecule has 0 radical (unpaired) electrons. The molecule has 17 heavy (non-hydrogen) atoms. The van der Waals surface area contributed by atoms with Crippen LogP contribution in [0.3, 0.4) is 0 Å². The lowest BCUT2D eigenvalue weighted by atomic mass is 9.99. The maximum atomic E-state index is 11.3. The van der Waals surface area contributed by atoms with Gasteiger partial charge in [0.15, 0.2) is 0 Å². The molecule has 2 fully saturated rings. The van der Waals surface area contributed by atoms with E-state index >= 15 is 0 Å². The quantitative estimate of drug-likeness (QED) is 0.798. The van der Waals surface area contributed by atoms with Crippen LogP contribution in [0.25, 0.3) is 0 Å². The highest BCUT2D eigenvalue weighted by atomic mass is 16.5. The highest BCUT2D eigenvalue weighted by molar-refractivity contribution is 5.78. The van der Waals surface area contributed by atoms with Gasteiger partial charge in [-0.15, -0.1) is 0 Å². The minimum Gasteiger partial charge on any atom is -0.480 e. The van der Waals surface area contributed by atoms with Crippen molar-refractivity contribution in [2.45, 2.75) is 57.1 Å². The van der Waals surface area contributed by atoms with Crippen molar-refractivity contribution in [1.82, 2.24) is 4.90 Å². The molecule has 2 aliphatic rings. The Bertz CT molecular complexity index is 276. The van der Waals surface area contributed by atoms with Crippen LogP contribution in [-0.2, 0) is 9.53 Å². The Morgan fingerprint density at radius 1 is 1.53 bits per heavy atom. The van der Waals surface area contributed by atoms with E-state index in [9.17, 15) is 9.90 Å². The number of carboxylic acids is 1. The summed E-state index contributed by atoms with van der Waals surface area (Å²) < 4.78 is 5.58. The van der Waals surface area contributed by atoms with E-state index < -0.39 is 11.5 Å². The minimum atomic E-state index is -0.674. The molecular weight excluding hydrogens is 218 g/mol. The number of likely N-dealkylation sites (tertiary alicyclic amines) is 1. The largest absolute Gasteiger partial charge is 0.480 e. The first kappa shape index (κ1) is 12.8. The predicted molar refractivity (Wildman–Crippen MR) is 65.1 cm³/mol. The third-order valence-corrected chi connectivity index (χ3v) is 4.23. The van der Waals surface area contributed by atoms with Gasteiger partial charge in [0.25, 0.3) is 0 Å². The van der Waals surface area contributed by atoms with Crippen LogP contribution >= 0.6 is 0 Å². The summed E-state index contributed by atoms with van der Waals surface area (Å²) in [5.41, 5.74) is -0.628. The zero-order valence-corrected chi connectivity index (χ0v) is 10.7. The first-order valence-corrected chi connectivity index (χ1v) is 6.73. The molecule has 2 unspecified atom stereocenters. The number of hydrogen-bond acceptors (Lipinski definition) is 3. The Hall–Kier alpha value is -0.610. The maximum Gasteiger partial charge on any atom is 0.323 e. The summed E-state index contributed by atoms with van der Waals surface area (Å²) in [7, 11) is 0. The van der Waals surface area contributed by atoms with Crippen LogP contribution in [-0.4, -0.2) is 47.3 Å². The van der Waals surface area contributed by atoms with E-state index in [4.69, 9.17) is 4.74 Å². The Morgan fingerprint density at radius 2 is 2.35 bits per heavy atom. The fourth-order valence-corrected chi connectivity index (χ4v) is 3.00. The number of rotatable bonds is 5. The van der Waals surface area contributed by atoms with Crippen molar-refractivity contribution in [3.05, 3.63) is 0 Å². The number of hydrogen-bond donors (Lipinski definition) is 1. The molecule has 0 saturated carbocycles. The molecule has 0 amide bonds. The van der Waals surface area contributed by atoms with Crippen molar-refractivity contribution in [2.24, 2.45) is 0 Å². The van der Waals surface area contributed by atoms with Gasteiger partial charge < -0.3 is 9.84 Å². The summed E-state index contributed by atoms with van der Waals surface area (Å²) in [6, 6.07) is 0. The number of ether oxygens (including phenoxy) is 1. The van der Waals surface area contributed by atoms with Crippen molar-refractivity contribution < 1.29 is 14.6 Å². The fraction of sp³-hybridized carbons (Fsp3) is 0.923. The normalized spacial score (nSPS) is 34.3.